The molecule has 0 unspecified atom stereocenters. The first kappa shape index (κ1) is 24.1. The van der Waals surface area contributed by atoms with E-state index in [1.807, 2.05) is 12.1 Å². The third kappa shape index (κ3) is 6.46. The summed E-state index contributed by atoms with van der Waals surface area (Å²) in [6.07, 6.45) is 1.68. The number of nitrogens with one attached hydrogen (secondary N) is 2. The van der Waals surface area contributed by atoms with Gasteiger partial charge in [0, 0.05) is 37.9 Å². The van der Waals surface area contributed by atoms with Crippen LogP contribution >= 0.6 is 24.0 Å². The molecule has 1 fully saturated rings. The third-order valence-corrected chi connectivity index (χ3v) is 5.28. The molecule has 1 aliphatic rings. The normalized spacial score (nSPS) is 14.1. The van der Waals surface area contributed by atoms with Crippen LogP contribution in [0.1, 0.15) is 16.8 Å². The Morgan fingerprint density at radius 2 is 1.69 bits per heavy atom. The molecule has 0 saturated carbocycles. The molecule has 2 heterocycles. The number of ether oxygens (including phenoxy) is 1. The van der Waals surface area contributed by atoms with Crippen molar-refractivity contribution in [2.24, 2.45) is 4.99 Å². The number of aryl methyl sites for hydroxylation is 1. The van der Waals surface area contributed by atoms with Gasteiger partial charge in [0.1, 0.15) is 6.26 Å². The number of aromatic nitrogens is 1. The minimum atomic E-state index is 0. The van der Waals surface area contributed by atoms with Crippen molar-refractivity contribution >= 4 is 35.6 Å². The van der Waals surface area contributed by atoms with E-state index in [0.29, 0.717) is 19.0 Å². The van der Waals surface area contributed by atoms with E-state index in [1.165, 1.54) is 16.8 Å². The molecule has 32 heavy (non-hydrogen) atoms. The summed E-state index contributed by atoms with van der Waals surface area (Å²) in [6, 6.07) is 16.8. The van der Waals surface area contributed by atoms with E-state index < -0.39 is 0 Å². The zero-order valence-corrected chi connectivity index (χ0v) is 20.8. The lowest BCUT2D eigenvalue weighted by Gasteiger charge is -2.28. The van der Waals surface area contributed by atoms with Gasteiger partial charge in [0.2, 0.25) is 5.89 Å². The molecule has 1 aliphatic heterocycles. The molecule has 170 valence electrons. The van der Waals surface area contributed by atoms with E-state index in [9.17, 15) is 0 Å². The van der Waals surface area contributed by atoms with Crippen molar-refractivity contribution in [3.05, 3.63) is 71.6 Å². The van der Waals surface area contributed by atoms with E-state index in [2.05, 4.69) is 68.8 Å². The number of rotatable bonds is 6. The summed E-state index contributed by atoms with van der Waals surface area (Å²) in [7, 11) is 1.76. The molecule has 8 heteroatoms. The molecule has 0 spiro atoms. The first-order chi connectivity index (χ1) is 15.2. The average molecular weight is 547 g/mol. The minimum Gasteiger partial charge on any atom is -0.444 e. The first-order valence-electron chi connectivity index (χ1n) is 10.6. The van der Waals surface area contributed by atoms with Gasteiger partial charge in [-0.05, 0) is 36.8 Å². The maximum atomic E-state index is 5.62. The van der Waals surface area contributed by atoms with Crippen molar-refractivity contribution in [1.82, 2.24) is 15.6 Å². The van der Waals surface area contributed by atoms with Gasteiger partial charge in [0.05, 0.1) is 25.5 Å². The molecule has 0 radical (unpaired) electrons. The second-order valence-corrected chi connectivity index (χ2v) is 7.56. The summed E-state index contributed by atoms with van der Waals surface area (Å²) in [5.74, 6) is 1.34. The fourth-order valence-corrected chi connectivity index (χ4v) is 3.44. The number of morpholine rings is 1. The molecule has 2 aromatic carbocycles. The number of hydrogen-bond donors (Lipinski definition) is 2. The van der Waals surface area contributed by atoms with Gasteiger partial charge in [-0.1, -0.05) is 29.8 Å². The summed E-state index contributed by atoms with van der Waals surface area (Å²) in [5.41, 5.74) is 5.45. The van der Waals surface area contributed by atoms with Crippen LogP contribution in [0.25, 0.3) is 11.5 Å². The number of nitrogens with zero attached hydrogens (tertiary/aromatic N) is 3. The Morgan fingerprint density at radius 1 is 1.00 bits per heavy atom. The Morgan fingerprint density at radius 3 is 2.38 bits per heavy atom. The van der Waals surface area contributed by atoms with Crippen LogP contribution in [0.4, 0.5) is 5.69 Å². The maximum Gasteiger partial charge on any atom is 0.226 e. The van der Waals surface area contributed by atoms with Crippen LogP contribution in [0, 0.1) is 6.92 Å². The van der Waals surface area contributed by atoms with Crippen molar-refractivity contribution in [3.63, 3.8) is 0 Å². The van der Waals surface area contributed by atoms with Crippen LogP contribution in [0.2, 0.25) is 0 Å². The van der Waals surface area contributed by atoms with Crippen LogP contribution in [0.5, 0.6) is 0 Å². The second-order valence-electron chi connectivity index (χ2n) is 7.56. The summed E-state index contributed by atoms with van der Waals surface area (Å²) >= 11 is 0. The molecule has 0 bridgehead atoms. The molecule has 7 nitrogen and oxygen atoms in total. The molecule has 0 atom stereocenters. The number of aliphatic imine (C=N–C) groups is 1. The SMILES string of the molecule is CN=C(NCc1ccc(N2CCOCC2)cc1)NCc1coc(-c2ccc(C)cc2)n1.I. The summed E-state index contributed by atoms with van der Waals surface area (Å²) < 4.78 is 11.0. The zero-order chi connectivity index (χ0) is 21.5. The molecule has 3 aromatic rings. The lowest BCUT2D eigenvalue weighted by molar-refractivity contribution is 0.122. The van der Waals surface area contributed by atoms with Crippen molar-refractivity contribution in [1.29, 1.82) is 0 Å². The molecule has 4 rings (SSSR count). The zero-order valence-electron chi connectivity index (χ0n) is 18.5. The lowest BCUT2D eigenvalue weighted by atomic mass is 10.1. The Balaban J connectivity index is 0.00000289. The number of hydrogen-bond acceptors (Lipinski definition) is 5. The average Bonchev–Trinajstić information content (AvgIpc) is 3.30. The van der Waals surface area contributed by atoms with Gasteiger partial charge >= 0.3 is 0 Å². The van der Waals surface area contributed by atoms with Crippen molar-refractivity contribution in [2.45, 2.75) is 20.0 Å². The Kier molecular flexibility index (Phi) is 8.92. The van der Waals surface area contributed by atoms with Crippen LogP contribution in [0.15, 0.2) is 64.2 Å². The van der Waals surface area contributed by atoms with Gasteiger partial charge in [0.25, 0.3) is 0 Å². The summed E-state index contributed by atoms with van der Waals surface area (Å²) in [5, 5.41) is 6.63. The molecule has 0 aliphatic carbocycles. The number of oxazole rings is 1. The number of halogens is 1. The molecule has 1 saturated heterocycles. The number of benzene rings is 2. The van der Waals surface area contributed by atoms with E-state index in [4.69, 9.17) is 9.15 Å². The standard InChI is InChI=1S/C24H29N5O2.HI/c1-18-3-7-20(8-4-18)23-28-21(17-31-23)16-27-24(25-2)26-15-19-5-9-22(10-6-19)29-11-13-30-14-12-29;/h3-10,17H,11-16H2,1-2H3,(H2,25,26,27);1H. The highest BCUT2D eigenvalue weighted by atomic mass is 127. The van der Waals surface area contributed by atoms with Crippen LogP contribution < -0.4 is 15.5 Å². The van der Waals surface area contributed by atoms with Gasteiger partial charge in [-0.3, -0.25) is 4.99 Å². The van der Waals surface area contributed by atoms with Gasteiger partial charge < -0.3 is 24.7 Å². The summed E-state index contributed by atoms with van der Waals surface area (Å²) in [4.78, 5) is 11.2. The highest BCUT2D eigenvalue weighted by Crippen LogP contribution is 2.19. The van der Waals surface area contributed by atoms with Gasteiger partial charge in [-0.25, -0.2) is 4.98 Å². The topological polar surface area (TPSA) is 74.9 Å². The van der Waals surface area contributed by atoms with Gasteiger partial charge in [-0.2, -0.15) is 0 Å². The van der Waals surface area contributed by atoms with Crippen molar-refractivity contribution < 1.29 is 9.15 Å². The monoisotopic (exact) mass is 547 g/mol. The largest absolute Gasteiger partial charge is 0.444 e. The first-order valence-corrected chi connectivity index (χ1v) is 10.6. The van der Waals surface area contributed by atoms with Crippen molar-refractivity contribution in [2.75, 3.05) is 38.3 Å². The molecule has 0 amide bonds. The molecule has 1 aromatic heterocycles. The number of anilines is 1. The maximum absolute atomic E-state index is 5.62. The Labute approximate surface area is 206 Å². The van der Waals surface area contributed by atoms with E-state index >= 15 is 0 Å². The Bertz CT molecular complexity index is 996. The van der Waals surface area contributed by atoms with Crippen LogP contribution in [-0.2, 0) is 17.8 Å². The Hall–Kier alpha value is -2.59. The van der Waals surface area contributed by atoms with E-state index in [1.54, 1.807) is 13.3 Å². The molecule has 2 N–H and O–H groups in total. The predicted octanol–water partition coefficient (Wildman–Crippen LogP) is 3.97. The van der Waals surface area contributed by atoms with Gasteiger partial charge in [0.15, 0.2) is 5.96 Å². The number of guanidine groups is 1. The highest BCUT2D eigenvalue weighted by molar-refractivity contribution is 14.0. The van der Waals surface area contributed by atoms with Gasteiger partial charge in [-0.15, -0.1) is 24.0 Å². The molecular weight excluding hydrogens is 517 g/mol. The van der Waals surface area contributed by atoms with Crippen LogP contribution in [0.3, 0.4) is 0 Å². The highest BCUT2D eigenvalue weighted by Gasteiger charge is 2.11. The third-order valence-electron chi connectivity index (χ3n) is 5.28. The minimum absolute atomic E-state index is 0. The second kappa shape index (κ2) is 11.9. The van der Waals surface area contributed by atoms with Crippen molar-refractivity contribution in [3.8, 4) is 11.5 Å². The summed E-state index contributed by atoms with van der Waals surface area (Å²) in [6.45, 7) is 6.77. The van der Waals surface area contributed by atoms with Crippen LogP contribution in [-0.4, -0.2) is 44.3 Å². The fraction of sp³-hybridized carbons (Fsp3) is 0.333. The van der Waals surface area contributed by atoms with E-state index in [0.717, 1.165) is 43.5 Å². The van der Waals surface area contributed by atoms with E-state index in [-0.39, 0.29) is 24.0 Å². The predicted molar refractivity (Wildman–Crippen MR) is 139 cm³/mol. The molecular formula is C24H30IN5O2. The smallest absolute Gasteiger partial charge is 0.226 e. The quantitative estimate of drug-likeness (QED) is 0.277. The fourth-order valence-electron chi connectivity index (χ4n) is 3.44. The lowest BCUT2D eigenvalue weighted by Crippen LogP contribution is -2.36.